The van der Waals surface area contributed by atoms with Crippen LogP contribution in [-0.2, 0) is 11.3 Å². The number of hydrogen-bond donors (Lipinski definition) is 2. The Morgan fingerprint density at radius 1 is 1.36 bits per heavy atom. The van der Waals surface area contributed by atoms with Crippen LogP contribution in [0.15, 0.2) is 54.3 Å². The van der Waals surface area contributed by atoms with Crippen LogP contribution >= 0.6 is 11.3 Å². The van der Waals surface area contributed by atoms with E-state index in [1.807, 2.05) is 12.1 Å². The summed E-state index contributed by atoms with van der Waals surface area (Å²) in [4.78, 5) is 31.3. The summed E-state index contributed by atoms with van der Waals surface area (Å²) in [6.07, 6.45) is 7.39. The van der Waals surface area contributed by atoms with E-state index in [0.29, 0.717) is 23.2 Å². The topological polar surface area (TPSA) is 97.1 Å². The van der Waals surface area contributed by atoms with Gasteiger partial charge in [0.1, 0.15) is 5.69 Å². The van der Waals surface area contributed by atoms with Gasteiger partial charge in [0.15, 0.2) is 6.54 Å². The smallest absolute Gasteiger partial charge is 0.328 e. The summed E-state index contributed by atoms with van der Waals surface area (Å²) >= 11 is 1.09. The second-order valence-electron chi connectivity index (χ2n) is 5.02. The molecule has 0 bridgehead atoms. The highest BCUT2D eigenvalue weighted by Crippen LogP contribution is 2.18. The van der Waals surface area contributed by atoms with E-state index in [1.165, 1.54) is 6.08 Å². The number of carbonyl (C=O) groups excluding carboxylic acids is 1. The number of nitrogens with zero attached hydrogens (tertiary/aromatic N) is 3. The van der Waals surface area contributed by atoms with Gasteiger partial charge in [-0.05, 0) is 35.9 Å². The van der Waals surface area contributed by atoms with Gasteiger partial charge in [-0.25, -0.2) is 9.78 Å². The molecule has 0 atom stereocenters. The number of rotatable bonds is 6. The van der Waals surface area contributed by atoms with Crippen molar-refractivity contribution in [1.82, 2.24) is 14.5 Å². The maximum Gasteiger partial charge on any atom is 0.328 e. The first-order valence-corrected chi connectivity index (χ1v) is 8.16. The van der Waals surface area contributed by atoms with Crippen molar-refractivity contribution in [2.75, 3.05) is 5.31 Å². The molecule has 3 aromatic rings. The monoisotopic (exact) mass is 355 g/mol. The Kier molecular flexibility index (Phi) is 4.61. The molecule has 0 saturated heterocycles. The summed E-state index contributed by atoms with van der Waals surface area (Å²) in [6.45, 7) is 0.481. The largest absolute Gasteiger partial charge is 0.478 e. The number of carbonyl (C=O) groups is 2. The Morgan fingerprint density at radius 2 is 2.16 bits per heavy atom. The molecule has 0 aliphatic carbocycles. The van der Waals surface area contributed by atoms with Crippen LogP contribution in [0.1, 0.15) is 21.7 Å². The lowest BCUT2D eigenvalue weighted by Crippen LogP contribution is -2.17. The lowest BCUT2D eigenvalue weighted by atomic mass is 10.2. The zero-order chi connectivity index (χ0) is 18.5. The van der Waals surface area contributed by atoms with Gasteiger partial charge in [-0.2, -0.15) is 0 Å². The summed E-state index contributed by atoms with van der Waals surface area (Å²) in [7, 11) is 0. The van der Waals surface area contributed by atoms with Gasteiger partial charge in [-0.3, -0.25) is 15.1 Å². The zero-order valence-electron chi connectivity index (χ0n) is 13.9. The standard InChI is InChI=1S/C17H14N4O3S/c22-15(23)4-3-13-11-25-17(19-13)20-16(24)14-2-1-9-21(14)10-12-5-7-18-8-6-12/h1-9,11H,10H2,(H,22,23)(H,19,20,24)/b4-3+/i/hD. The van der Waals surface area contributed by atoms with Crippen LogP contribution in [0, 0.1) is 0 Å². The van der Waals surface area contributed by atoms with Crippen molar-refractivity contribution >= 4 is 34.4 Å². The van der Waals surface area contributed by atoms with Crippen molar-refractivity contribution in [2.24, 2.45) is 0 Å². The van der Waals surface area contributed by atoms with E-state index >= 15 is 0 Å². The van der Waals surface area contributed by atoms with Crippen LogP contribution in [0.2, 0.25) is 1.41 Å². The van der Waals surface area contributed by atoms with Gasteiger partial charge in [0.2, 0.25) is 0 Å². The number of pyridine rings is 1. The maximum absolute atomic E-state index is 12.7. The minimum atomic E-state index is -1.09. The minimum absolute atomic E-state index is 0.164. The van der Waals surface area contributed by atoms with E-state index in [4.69, 9.17) is 6.52 Å². The molecule has 0 radical (unpaired) electrons. The first-order valence-electron chi connectivity index (χ1n) is 7.73. The Hall–Kier alpha value is -3.26. The van der Waals surface area contributed by atoms with Gasteiger partial charge in [0.05, 0.1) is 5.69 Å². The third kappa shape index (κ3) is 4.39. The molecule has 1 amide bonds. The van der Waals surface area contributed by atoms with Crippen molar-refractivity contribution in [3.05, 3.63) is 71.3 Å². The first kappa shape index (κ1) is 15.3. The number of amides is 1. The highest BCUT2D eigenvalue weighted by molar-refractivity contribution is 7.14. The average Bonchev–Trinajstić information content (AvgIpc) is 3.29. The molecule has 7 nitrogen and oxygen atoms in total. The zero-order valence-corrected chi connectivity index (χ0v) is 13.8. The Morgan fingerprint density at radius 3 is 2.92 bits per heavy atom. The second kappa shape index (κ2) is 7.54. The van der Waals surface area contributed by atoms with Gasteiger partial charge in [-0.15, -0.1) is 11.3 Å². The normalized spacial score (nSPS) is 11.4. The van der Waals surface area contributed by atoms with Crippen LogP contribution < -0.4 is 5.31 Å². The predicted octanol–water partition coefficient (Wildman–Crippen LogP) is 2.74. The first-order chi connectivity index (χ1) is 12.5. The van der Waals surface area contributed by atoms with Crippen molar-refractivity contribution in [3.63, 3.8) is 0 Å². The van der Waals surface area contributed by atoms with Crippen molar-refractivity contribution in [1.29, 1.82) is 0 Å². The van der Waals surface area contributed by atoms with Crippen molar-refractivity contribution in [2.45, 2.75) is 6.54 Å². The Balaban J connectivity index is 1.77. The fourth-order valence-corrected chi connectivity index (χ4v) is 2.79. The molecule has 0 unspecified atom stereocenters. The quantitative estimate of drug-likeness (QED) is 0.663. The fraction of sp³-hybridized carbons (Fsp3) is 0.0588. The number of nitrogens with one attached hydrogen (secondary N) is 1. The van der Waals surface area contributed by atoms with E-state index in [-0.39, 0.29) is 5.13 Å². The summed E-state index contributed by atoms with van der Waals surface area (Å²) in [5.74, 6) is -1.61. The summed E-state index contributed by atoms with van der Waals surface area (Å²) in [6, 6.07) is 7.10. The number of thiazole rings is 1. The van der Waals surface area contributed by atoms with Gasteiger partial charge in [-0.1, -0.05) is 0 Å². The maximum atomic E-state index is 12.7. The van der Waals surface area contributed by atoms with Crippen molar-refractivity contribution in [3.8, 4) is 0 Å². The third-order valence-corrected chi connectivity index (χ3v) is 4.01. The lowest BCUT2D eigenvalue weighted by Gasteiger charge is -2.08. The Bertz CT molecular complexity index is 952. The number of aromatic nitrogens is 3. The van der Waals surface area contributed by atoms with E-state index in [1.54, 1.807) is 40.7 Å². The van der Waals surface area contributed by atoms with Crippen LogP contribution in [0.3, 0.4) is 0 Å². The van der Waals surface area contributed by atoms with Crippen LogP contribution in [0.5, 0.6) is 0 Å². The molecule has 126 valence electrons. The molecule has 3 heterocycles. The van der Waals surface area contributed by atoms with E-state index in [0.717, 1.165) is 23.0 Å². The van der Waals surface area contributed by atoms with Gasteiger partial charge in [0.25, 0.3) is 5.91 Å². The summed E-state index contributed by atoms with van der Waals surface area (Å²) in [5.41, 5.74) is 1.72. The van der Waals surface area contributed by atoms with Crippen molar-refractivity contribution < 1.29 is 16.1 Å². The third-order valence-electron chi connectivity index (χ3n) is 3.25. The molecule has 3 rings (SSSR count). The SMILES string of the molecule is [2H]N(C(=O)c1cccn1Cc1ccncc1)c1nc(/C=C/C(=O)O)cs1. The molecular formula is C17H14N4O3S. The van der Waals surface area contributed by atoms with Crippen LogP contribution in [0.25, 0.3) is 6.08 Å². The second-order valence-corrected chi connectivity index (χ2v) is 5.86. The summed E-state index contributed by atoms with van der Waals surface area (Å²) < 4.78 is 9.82. The molecule has 8 heteroatoms. The number of carboxylic acid groups (broad SMARTS) is 1. The van der Waals surface area contributed by atoms with Crippen LogP contribution in [0.4, 0.5) is 5.13 Å². The molecule has 0 saturated carbocycles. The molecule has 0 fully saturated rings. The summed E-state index contributed by atoms with van der Waals surface area (Å²) in [5, 5.41) is 11.1. The molecule has 0 aliphatic heterocycles. The van der Waals surface area contributed by atoms with E-state index in [2.05, 4.69) is 9.97 Å². The van der Waals surface area contributed by atoms with E-state index in [9.17, 15) is 9.59 Å². The number of carboxylic acids is 1. The predicted molar refractivity (Wildman–Crippen MR) is 94.5 cm³/mol. The van der Waals surface area contributed by atoms with Gasteiger partial charge < -0.3 is 9.67 Å². The average molecular weight is 355 g/mol. The number of anilines is 1. The van der Waals surface area contributed by atoms with Crippen LogP contribution in [-0.4, -0.2) is 31.5 Å². The molecule has 25 heavy (non-hydrogen) atoms. The minimum Gasteiger partial charge on any atom is -0.478 e. The highest BCUT2D eigenvalue weighted by atomic mass is 32.1. The molecule has 0 aliphatic rings. The molecular weight excluding hydrogens is 340 g/mol. The highest BCUT2D eigenvalue weighted by Gasteiger charge is 2.13. The fourth-order valence-electron chi connectivity index (χ4n) is 2.14. The Labute approximate surface area is 148 Å². The molecule has 0 aromatic carbocycles. The molecule has 0 spiro atoms. The van der Waals surface area contributed by atoms with Gasteiger partial charge >= 0.3 is 5.97 Å². The van der Waals surface area contributed by atoms with Gasteiger partial charge in [0, 0.05) is 36.6 Å². The lowest BCUT2D eigenvalue weighted by molar-refractivity contribution is -0.131. The number of hydrogen-bond acceptors (Lipinski definition) is 5. The molecule has 2 N–H and O–H groups in total. The van der Waals surface area contributed by atoms with E-state index < -0.39 is 11.9 Å². The molecule has 3 aromatic heterocycles. The number of aliphatic carboxylic acids is 1.